The van der Waals surface area contributed by atoms with Crippen molar-refractivity contribution in [1.82, 2.24) is 4.90 Å². The predicted molar refractivity (Wildman–Crippen MR) is 80.1 cm³/mol. The number of Topliss-reactive ketones (excluding diaryl/α,β-unsaturated/α-hetero) is 1. The summed E-state index contributed by atoms with van der Waals surface area (Å²) in [5.41, 5.74) is 0.0814. The van der Waals surface area contributed by atoms with Gasteiger partial charge in [-0.25, -0.2) is 0 Å². The highest BCUT2D eigenvalue weighted by Gasteiger charge is 2.58. The first-order chi connectivity index (χ1) is 10.7. The van der Waals surface area contributed by atoms with Crippen LogP contribution < -0.4 is 4.74 Å². The summed E-state index contributed by atoms with van der Waals surface area (Å²) in [6.07, 6.45) is 3.41. The number of carbonyl (C=O) groups is 1. The molecule has 2 aliphatic heterocycles. The van der Waals surface area contributed by atoms with E-state index in [9.17, 15) is 9.90 Å². The number of benzene rings is 1. The van der Waals surface area contributed by atoms with Crippen LogP contribution in [0.2, 0.25) is 0 Å². The number of carbonyl (C=O) groups excluding carboxylic acids is 1. The van der Waals surface area contributed by atoms with Crippen LogP contribution in [-0.4, -0.2) is 47.8 Å². The monoisotopic (exact) mass is 303 g/mol. The van der Waals surface area contributed by atoms with Gasteiger partial charge in [0.25, 0.3) is 0 Å². The van der Waals surface area contributed by atoms with E-state index in [1.165, 1.54) is 0 Å². The van der Waals surface area contributed by atoms with Gasteiger partial charge in [-0.1, -0.05) is 6.42 Å². The molecule has 22 heavy (non-hydrogen) atoms. The zero-order chi connectivity index (χ0) is 15.2. The number of hydrogen-bond donors (Lipinski definition) is 1. The molecule has 0 spiro atoms. The maximum Gasteiger partial charge on any atom is 0.229 e. The Morgan fingerprint density at radius 2 is 2.05 bits per heavy atom. The first kappa shape index (κ1) is 14.0. The Balaban J connectivity index is 1.82. The highest BCUT2D eigenvalue weighted by Crippen LogP contribution is 2.52. The Hall–Kier alpha value is -1.59. The van der Waals surface area contributed by atoms with Gasteiger partial charge < -0.3 is 14.6 Å². The van der Waals surface area contributed by atoms with Crippen LogP contribution in [0, 0.1) is 0 Å². The van der Waals surface area contributed by atoms with E-state index in [4.69, 9.17) is 9.47 Å². The van der Waals surface area contributed by atoms with E-state index >= 15 is 0 Å². The zero-order valence-corrected chi connectivity index (χ0v) is 12.6. The number of phenolic OH excluding ortho intramolecular Hbond substituents is 1. The first-order valence-corrected chi connectivity index (χ1v) is 8.10. The molecule has 2 unspecified atom stereocenters. The van der Waals surface area contributed by atoms with Crippen LogP contribution in [-0.2, 0) is 9.53 Å². The van der Waals surface area contributed by atoms with Gasteiger partial charge in [-0.05, 0) is 31.0 Å². The second kappa shape index (κ2) is 5.25. The summed E-state index contributed by atoms with van der Waals surface area (Å²) in [6.45, 7) is 2.68. The van der Waals surface area contributed by atoms with Crippen molar-refractivity contribution in [2.75, 3.05) is 26.3 Å². The van der Waals surface area contributed by atoms with Crippen molar-refractivity contribution in [2.24, 2.45) is 0 Å². The fourth-order valence-electron chi connectivity index (χ4n) is 4.12. The van der Waals surface area contributed by atoms with E-state index in [1.54, 1.807) is 18.2 Å². The Morgan fingerprint density at radius 1 is 1.23 bits per heavy atom. The molecule has 5 nitrogen and oxygen atoms in total. The lowest BCUT2D eigenvalue weighted by molar-refractivity contribution is -0.163. The maximum absolute atomic E-state index is 13.0. The fraction of sp³-hybridized carbons (Fsp3) is 0.588. The fourth-order valence-corrected chi connectivity index (χ4v) is 4.12. The van der Waals surface area contributed by atoms with Crippen LogP contribution in [0.5, 0.6) is 11.5 Å². The summed E-state index contributed by atoms with van der Waals surface area (Å²) in [5.74, 6) is 1.15. The standard InChI is InChI=1S/C17H21NO4/c19-12-5-6-15-13(11-12)14-3-1-2-4-16(20)17(14,22-15)18-7-9-21-10-8-18/h5-6,11,14,19H,1-4,7-10H2. The summed E-state index contributed by atoms with van der Waals surface area (Å²) < 4.78 is 11.7. The number of fused-ring (bicyclic) bond motifs is 3. The third-order valence-corrected chi connectivity index (χ3v) is 5.13. The van der Waals surface area contributed by atoms with Gasteiger partial charge in [0, 0.05) is 31.0 Å². The summed E-state index contributed by atoms with van der Waals surface area (Å²) in [5, 5.41) is 9.84. The molecule has 118 valence electrons. The zero-order valence-electron chi connectivity index (χ0n) is 12.6. The molecule has 2 atom stereocenters. The van der Waals surface area contributed by atoms with E-state index in [2.05, 4.69) is 4.90 Å². The molecule has 5 heteroatoms. The van der Waals surface area contributed by atoms with Gasteiger partial charge in [0.15, 0.2) is 5.78 Å². The number of nitrogens with zero attached hydrogens (tertiary/aromatic N) is 1. The largest absolute Gasteiger partial charge is 0.508 e. The van der Waals surface area contributed by atoms with E-state index < -0.39 is 5.72 Å². The van der Waals surface area contributed by atoms with Crippen LogP contribution in [0.4, 0.5) is 0 Å². The Labute approximate surface area is 129 Å². The molecule has 4 rings (SSSR count). The van der Waals surface area contributed by atoms with Gasteiger partial charge >= 0.3 is 0 Å². The quantitative estimate of drug-likeness (QED) is 0.860. The summed E-state index contributed by atoms with van der Waals surface area (Å²) in [7, 11) is 0. The number of hydrogen-bond acceptors (Lipinski definition) is 5. The predicted octanol–water partition coefficient (Wildman–Crippen LogP) is 2.04. The van der Waals surface area contributed by atoms with Crippen molar-refractivity contribution in [3.8, 4) is 11.5 Å². The molecule has 0 radical (unpaired) electrons. The second-order valence-corrected chi connectivity index (χ2v) is 6.34. The molecule has 0 amide bonds. The molecule has 1 saturated heterocycles. The van der Waals surface area contributed by atoms with Gasteiger partial charge in [-0.15, -0.1) is 0 Å². The van der Waals surface area contributed by atoms with Crippen molar-refractivity contribution >= 4 is 5.78 Å². The van der Waals surface area contributed by atoms with Gasteiger partial charge in [-0.3, -0.25) is 9.69 Å². The SMILES string of the molecule is O=C1CCCCC2c3cc(O)ccc3OC12N1CCOCC1. The second-order valence-electron chi connectivity index (χ2n) is 6.34. The lowest BCUT2D eigenvalue weighted by atomic mass is 9.84. The third kappa shape index (κ3) is 1.96. The van der Waals surface area contributed by atoms with E-state index in [0.29, 0.717) is 32.7 Å². The minimum absolute atomic E-state index is 0.00250. The molecule has 1 aromatic carbocycles. The van der Waals surface area contributed by atoms with Crippen molar-refractivity contribution in [3.63, 3.8) is 0 Å². The molecular formula is C17H21NO4. The molecule has 1 N–H and O–H groups in total. The lowest BCUT2D eigenvalue weighted by Gasteiger charge is -2.43. The number of ketones is 1. The van der Waals surface area contributed by atoms with Crippen molar-refractivity contribution in [3.05, 3.63) is 23.8 Å². The normalized spacial score (nSPS) is 32.0. The van der Waals surface area contributed by atoms with Crippen LogP contribution in [0.3, 0.4) is 0 Å². The number of ether oxygens (including phenoxy) is 2. The van der Waals surface area contributed by atoms with Crippen LogP contribution >= 0.6 is 0 Å². The minimum Gasteiger partial charge on any atom is -0.508 e. The number of aromatic hydroxyl groups is 1. The first-order valence-electron chi connectivity index (χ1n) is 8.10. The molecule has 2 heterocycles. The molecule has 2 fully saturated rings. The summed E-state index contributed by atoms with van der Waals surface area (Å²) >= 11 is 0. The number of phenols is 1. The number of rotatable bonds is 1. The molecule has 1 aliphatic carbocycles. The molecule has 0 bridgehead atoms. The average molecular weight is 303 g/mol. The summed E-state index contributed by atoms with van der Waals surface area (Å²) in [6, 6.07) is 5.18. The Bertz CT molecular complexity index is 596. The molecule has 1 aromatic rings. The molecular weight excluding hydrogens is 282 g/mol. The minimum atomic E-state index is -0.892. The van der Waals surface area contributed by atoms with Gasteiger partial charge in [0.1, 0.15) is 11.5 Å². The van der Waals surface area contributed by atoms with Crippen LogP contribution in [0.1, 0.15) is 37.2 Å². The van der Waals surface area contributed by atoms with Gasteiger partial charge in [0.2, 0.25) is 5.72 Å². The van der Waals surface area contributed by atoms with Crippen LogP contribution in [0.15, 0.2) is 18.2 Å². The maximum atomic E-state index is 13.0. The molecule has 3 aliphatic rings. The molecule has 0 aromatic heterocycles. The van der Waals surface area contributed by atoms with Crippen molar-refractivity contribution in [2.45, 2.75) is 37.3 Å². The lowest BCUT2D eigenvalue weighted by Crippen LogP contribution is -2.62. The Kier molecular flexibility index (Phi) is 3.35. The van der Waals surface area contributed by atoms with E-state index in [1.807, 2.05) is 0 Å². The van der Waals surface area contributed by atoms with Crippen LogP contribution in [0.25, 0.3) is 0 Å². The van der Waals surface area contributed by atoms with Gasteiger partial charge in [-0.2, -0.15) is 0 Å². The van der Waals surface area contributed by atoms with Crippen molar-refractivity contribution in [1.29, 1.82) is 0 Å². The average Bonchev–Trinajstić information content (AvgIpc) is 2.77. The number of morpholine rings is 1. The topological polar surface area (TPSA) is 59.0 Å². The third-order valence-electron chi connectivity index (χ3n) is 5.13. The van der Waals surface area contributed by atoms with E-state index in [-0.39, 0.29) is 17.5 Å². The van der Waals surface area contributed by atoms with E-state index in [0.717, 1.165) is 30.6 Å². The van der Waals surface area contributed by atoms with Gasteiger partial charge in [0.05, 0.1) is 13.2 Å². The highest BCUT2D eigenvalue weighted by atomic mass is 16.5. The smallest absolute Gasteiger partial charge is 0.229 e. The highest BCUT2D eigenvalue weighted by molar-refractivity contribution is 5.90. The summed E-state index contributed by atoms with van der Waals surface area (Å²) in [4.78, 5) is 15.2. The Morgan fingerprint density at radius 3 is 2.86 bits per heavy atom. The van der Waals surface area contributed by atoms with Crippen molar-refractivity contribution < 1.29 is 19.4 Å². The molecule has 1 saturated carbocycles.